The Morgan fingerprint density at radius 1 is 1.05 bits per heavy atom. The van der Waals surface area contributed by atoms with Gasteiger partial charge >= 0.3 is 5.97 Å². The smallest absolute Gasteiger partial charge is 0.344 e. The summed E-state index contributed by atoms with van der Waals surface area (Å²) < 4.78 is 19.0. The van der Waals surface area contributed by atoms with E-state index in [2.05, 4.69) is 50.8 Å². The fourth-order valence-corrected chi connectivity index (χ4v) is 5.19. The lowest BCUT2D eigenvalue weighted by Crippen LogP contribution is -2.23. The first kappa shape index (κ1) is 30.3. The third kappa shape index (κ3) is 6.01. The van der Waals surface area contributed by atoms with Crippen molar-refractivity contribution in [2.45, 2.75) is 39.7 Å². The second-order valence-electron chi connectivity index (χ2n) is 9.60. The van der Waals surface area contributed by atoms with Crippen LogP contribution in [0.3, 0.4) is 0 Å². The zero-order valence-corrected chi connectivity index (χ0v) is 26.5. The van der Waals surface area contributed by atoms with Crippen molar-refractivity contribution in [2.75, 3.05) is 14.2 Å². The second-order valence-corrected chi connectivity index (χ2v) is 11.2. The molecule has 1 N–H and O–H groups in total. The molecule has 0 aliphatic carbocycles. The van der Waals surface area contributed by atoms with Crippen molar-refractivity contribution in [2.24, 2.45) is 5.10 Å². The molecule has 214 valence electrons. The van der Waals surface area contributed by atoms with Crippen LogP contribution in [0.25, 0.3) is 22.3 Å². The molecule has 3 aromatic carbocycles. The number of hydrogen-bond donors (Lipinski definition) is 1. The van der Waals surface area contributed by atoms with Gasteiger partial charge in [0.25, 0.3) is 5.56 Å². The van der Waals surface area contributed by atoms with E-state index in [-0.39, 0.29) is 23.0 Å². The van der Waals surface area contributed by atoms with Gasteiger partial charge in [-0.25, -0.2) is 9.78 Å². The van der Waals surface area contributed by atoms with E-state index in [4.69, 9.17) is 19.2 Å². The summed E-state index contributed by atoms with van der Waals surface area (Å²) in [6.07, 6.45) is 0.394. The van der Waals surface area contributed by atoms with E-state index in [9.17, 15) is 14.7 Å². The predicted molar refractivity (Wildman–Crippen MR) is 166 cm³/mol. The Balaban J connectivity index is 1.94. The highest BCUT2D eigenvalue weighted by molar-refractivity contribution is 9.13. The van der Waals surface area contributed by atoms with Gasteiger partial charge in [-0.1, -0.05) is 26.0 Å². The molecule has 0 unspecified atom stereocenters. The molecule has 1 atom stereocenters. The van der Waals surface area contributed by atoms with Crippen LogP contribution in [0.1, 0.15) is 43.4 Å². The molecule has 9 nitrogen and oxygen atoms in total. The number of fused-ring (bicyclic) bond motifs is 1. The fraction of sp³-hybridized carbons (Fsp3) is 0.267. The number of hydrogen-bond acceptors (Lipinski definition) is 7. The number of methoxy groups -OCH3 is 2. The van der Waals surface area contributed by atoms with Gasteiger partial charge in [-0.05, 0) is 93.1 Å². The average Bonchev–Trinajstić information content (AvgIpc) is 2.95. The number of carboxylic acids is 1. The SMILES string of the molecule is COc1cc(C)c(-c2nc3ccccc3c(=O)n2N=Cc2cc(OC)c(O[C@@H](C)C(=O)O)c(Br)c2Br)cc1C(C)C. The van der Waals surface area contributed by atoms with Gasteiger partial charge in [-0.15, -0.1) is 0 Å². The molecule has 0 bridgehead atoms. The molecule has 4 rings (SSSR count). The molecular weight excluding hydrogens is 658 g/mol. The number of carboxylic acid groups (broad SMARTS) is 1. The first-order valence-electron chi connectivity index (χ1n) is 12.7. The van der Waals surface area contributed by atoms with Gasteiger partial charge in [0, 0.05) is 15.6 Å². The third-order valence-electron chi connectivity index (χ3n) is 6.52. The number of ether oxygens (including phenoxy) is 3. The van der Waals surface area contributed by atoms with Crippen LogP contribution in [-0.4, -0.2) is 47.3 Å². The lowest BCUT2D eigenvalue weighted by atomic mass is 9.96. The highest BCUT2D eigenvalue weighted by Crippen LogP contribution is 2.43. The Hall–Kier alpha value is -3.70. The van der Waals surface area contributed by atoms with E-state index >= 15 is 0 Å². The predicted octanol–water partition coefficient (Wildman–Crippen LogP) is 6.77. The summed E-state index contributed by atoms with van der Waals surface area (Å²) in [4.78, 5) is 30.0. The average molecular weight is 687 g/mol. The van der Waals surface area contributed by atoms with Gasteiger partial charge < -0.3 is 19.3 Å². The summed E-state index contributed by atoms with van der Waals surface area (Å²) in [6.45, 7) is 7.50. The highest BCUT2D eigenvalue weighted by atomic mass is 79.9. The summed E-state index contributed by atoms with van der Waals surface area (Å²) in [5.74, 6) is 0.687. The van der Waals surface area contributed by atoms with Gasteiger partial charge in [-0.2, -0.15) is 9.78 Å². The molecule has 0 aliphatic rings. The fourth-order valence-electron chi connectivity index (χ4n) is 4.28. The van der Waals surface area contributed by atoms with Crippen molar-refractivity contribution in [1.82, 2.24) is 9.66 Å². The summed E-state index contributed by atoms with van der Waals surface area (Å²) in [5.41, 5.74) is 3.37. The Bertz CT molecular complexity index is 1730. The number of aryl methyl sites for hydroxylation is 1. The van der Waals surface area contributed by atoms with Crippen molar-refractivity contribution in [1.29, 1.82) is 0 Å². The van der Waals surface area contributed by atoms with E-state index in [1.165, 1.54) is 24.9 Å². The highest BCUT2D eigenvalue weighted by Gasteiger charge is 2.22. The molecule has 0 spiro atoms. The van der Waals surface area contributed by atoms with Crippen LogP contribution in [0, 0.1) is 6.92 Å². The Kier molecular flexibility index (Phi) is 9.18. The topological polar surface area (TPSA) is 112 Å². The lowest BCUT2D eigenvalue weighted by Gasteiger charge is -2.18. The van der Waals surface area contributed by atoms with E-state index in [1.807, 2.05) is 25.1 Å². The third-order valence-corrected chi connectivity index (χ3v) is 8.67. The molecular formula is C30H29Br2N3O6. The molecule has 11 heteroatoms. The first-order valence-corrected chi connectivity index (χ1v) is 14.3. The standard InChI is InChI=1S/C30H29Br2N3O6/c1-15(2)20-13-21(16(3)11-23(20)39-5)28-34-22-10-8-7-9-19(22)29(36)35(28)33-14-18-12-24(40-6)27(26(32)25(18)31)41-17(4)30(37)38/h7-15,17H,1-6H3,(H,37,38)/t17-/m0/s1. The van der Waals surface area contributed by atoms with Crippen molar-refractivity contribution >= 4 is 54.9 Å². The van der Waals surface area contributed by atoms with E-state index < -0.39 is 12.1 Å². The Morgan fingerprint density at radius 2 is 1.73 bits per heavy atom. The zero-order chi connectivity index (χ0) is 30.0. The van der Waals surface area contributed by atoms with Crippen LogP contribution < -0.4 is 19.8 Å². The summed E-state index contributed by atoms with van der Waals surface area (Å²) >= 11 is 7.00. The largest absolute Gasteiger partial charge is 0.496 e. The van der Waals surface area contributed by atoms with Crippen LogP contribution in [0.15, 0.2) is 61.3 Å². The lowest BCUT2D eigenvalue weighted by molar-refractivity contribution is -0.144. The minimum absolute atomic E-state index is 0.166. The number of aromatic nitrogens is 2. The number of benzene rings is 3. The molecule has 0 fully saturated rings. The molecule has 0 saturated carbocycles. The monoisotopic (exact) mass is 685 g/mol. The number of halogens is 2. The zero-order valence-electron chi connectivity index (χ0n) is 23.4. The van der Waals surface area contributed by atoms with E-state index in [1.54, 1.807) is 31.4 Å². The summed E-state index contributed by atoms with van der Waals surface area (Å²) in [7, 11) is 3.08. The normalized spacial score (nSPS) is 12.2. The number of rotatable bonds is 9. The maximum Gasteiger partial charge on any atom is 0.344 e. The van der Waals surface area contributed by atoms with Crippen molar-refractivity contribution in [3.8, 4) is 28.6 Å². The van der Waals surface area contributed by atoms with Crippen LogP contribution in [0.4, 0.5) is 0 Å². The number of carbonyl (C=O) groups is 1. The maximum absolute atomic E-state index is 13.8. The summed E-state index contributed by atoms with van der Waals surface area (Å²) in [5, 5.41) is 14.3. The molecule has 0 radical (unpaired) electrons. The molecule has 1 heterocycles. The van der Waals surface area contributed by atoms with E-state index in [0.29, 0.717) is 31.2 Å². The van der Waals surface area contributed by atoms with Crippen LogP contribution in [-0.2, 0) is 4.79 Å². The van der Waals surface area contributed by atoms with Crippen LogP contribution in [0.2, 0.25) is 0 Å². The van der Waals surface area contributed by atoms with Crippen LogP contribution in [0.5, 0.6) is 17.2 Å². The second kappa shape index (κ2) is 12.4. The van der Waals surface area contributed by atoms with Crippen molar-refractivity contribution in [3.05, 3.63) is 78.5 Å². The molecule has 0 aliphatic heterocycles. The van der Waals surface area contributed by atoms with Gasteiger partial charge in [0.2, 0.25) is 0 Å². The van der Waals surface area contributed by atoms with Gasteiger partial charge in [0.1, 0.15) is 5.75 Å². The first-order chi connectivity index (χ1) is 19.5. The van der Waals surface area contributed by atoms with Crippen molar-refractivity contribution < 1.29 is 24.1 Å². The van der Waals surface area contributed by atoms with Crippen molar-refractivity contribution in [3.63, 3.8) is 0 Å². The Morgan fingerprint density at radius 3 is 2.37 bits per heavy atom. The number of para-hydroxylation sites is 1. The van der Waals surface area contributed by atoms with Gasteiger partial charge in [0.05, 0.1) is 35.8 Å². The molecule has 0 saturated heterocycles. The summed E-state index contributed by atoms with van der Waals surface area (Å²) in [6, 6.07) is 12.7. The number of aliphatic carboxylic acids is 1. The molecule has 4 aromatic rings. The Labute approximate surface area is 254 Å². The van der Waals surface area contributed by atoms with Gasteiger partial charge in [0.15, 0.2) is 23.4 Å². The minimum atomic E-state index is -1.12. The molecule has 0 amide bonds. The molecule has 1 aromatic heterocycles. The van der Waals surface area contributed by atoms with Gasteiger partial charge in [-0.3, -0.25) is 4.79 Å². The van der Waals surface area contributed by atoms with E-state index in [0.717, 1.165) is 22.4 Å². The quantitative estimate of drug-likeness (QED) is 0.193. The number of nitrogens with zero attached hydrogens (tertiary/aromatic N) is 3. The minimum Gasteiger partial charge on any atom is -0.496 e. The maximum atomic E-state index is 13.8. The molecule has 41 heavy (non-hydrogen) atoms. The van der Waals surface area contributed by atoms with Crippen LogP contribution >= 0.6 is 31.9 Å².